The van der Waals surface area contributed by atoms with Gasteiger partial charge in [0.2, 0.25) is 12.1 Å². The lowest BCUT2D eigenvalue weighted by molar-refractivity contribution is -0.388. The molecule has 2 heterocycles. The van der Waals surface area contributed by atoms with Gasteiger partial charge in [-0.15, -0.1) is 0 Å². The van der Waals surface area contributed by atoms with E-state index in [4.69, 9.17) is 4.74 Å². The van der Waals surface area contributed by atoms with E-state index >= 15 is 0 Å². The Hall–Kier alpha value is -2.16. The van der Waals surface area contributed by atoms with E-state index in [0.717, 1.165) is 0 Å². The first-order chi connectivity index (χ1) is 8.46. The number of carboxylic acids is 1. The van der Waals surface area contributed by atoms with Crippen LogP contribution in [0.3, 0.4) is 0 Å². The number of ether oxygens (including phenoxy) is 1. The maximum absolute atomic E-state index is 11.3. The van der Waals surface area contributed by atoms with Gasteiger partial charge in [0.05, 0.1) is 6.61 Å². The molecule has 0 aliphatic carbocycles. The minimum atomic E-state index is -1.33. The number of carbonyl (C=O) groups is 1. The molecule has 9 nitrogen and oxygen atoms in total. The summed E-state index contributed by atoms with van der Waals surface area (Å²) >= 11 is 0. The van der Waals surface area contributed by atoms with Crippen LogP contribution in [0.1, 0.15) is 6.42 Å². The molecular weight excluding hydrogens is 244 g/mol. The fourth-order valence-corrected chi connectivity index (χ4v) is 1.81. The highest BCUT2D eigenvalue weighted by atomic mass is 16.6. The largest absolute Gasteiger partial charge is 0.479 e. The van der Waals surface area contributed by atoms with Crippen LogP contribution < -0.4 is 5.32 Å². The molecule has 1 aliphatic heterocycles. The van der Waals surface area contributed by atoms with Crippen LogP contribution in [0.5, 0.6) is 0 Å². The number of imidazole rings is 1. The Labute approximate surface area is 102 Å². The number of anilines is 1. The molecule has 0 radical (unpaired) electrons. The van der Waals surface area contributed by atoms with E-state index in [-0.39, 0.29) is 18.8 Å². The molecule has 18 heavy (non-hydrogen) atoms. The summed E-state index contributed by atoms with van der Waals surface area (Å²) in [5.41, 5.74) is -1.33. The maximum Gasteiger partial charge on any atom is 0.406 e. The molecule has 1 aromatic rings. The molecule has 0 spiro atoms. The lowest BCUT2D eigenvalue weighted by Crippen LogP contribution is -2.47. The van der Waals surface area contributed by atoms with Gasteiger partial charge in [0.25, 0.3) is 0 Å². The Morgan fingerprint density at radius 2 is 2.50 bits per heavy atom. The third kappa shape index (κ3) is 1.88. The fraction of sp³-hybridized carbons (Fsp3) is 0.556. The van der Waals surface area contributed by atoms with Crippen LogP contribution in [-0.2, 0) is 16.6 Å². The number of carboxylic acid groups (broad SMARTS) is 1. The Morgan fingerprint density at radius 3 is 3.00 bits per heavy atom. The summed E-state index contributed by atoms with van der Waals surface area (Å²) in [5.74, 6) is -1.44. The standard InChI is InChI=1S/C9H12N4O5/c1-12-5-10-6(13(16)17)7(12)11-9(8(14)15)2-3-18-4-9/h5,11H,2-4H2,1H3,(H,14,15). The molecule has 2 N–H and O–H groups in total. The monoisotopic (exact) mass is 256 g/mol. The number of aliphatic carboxylic acids is 1. The molecule has 98 valence electrons. The molecule has 0 bridgehead atoms. The van der Waals surface area contributed by atoms with E-state index in [1.54, 1.807) is 7.05 Å². The summed E-state index contributed by atoms with van der Waals surface area (Å²) in [7, 11) is 1.55. The van der Waals surface area contributed by atoms with E-state index in [1.807, 2.05) is 0 Å². The number of aryl methyl sites for hydroxylation is 1. The zero-order valence-electron chi connectivity index (χ0n) is 9.62. The Kier molecular flexibility index (Phi) is 2.91. The van der Waals surface area contributed by atoms with Crippen LogP contribution in [0, 0.1) is 10.1 Å². The van der Waals surface area contributed by atoms with Crippen LogP contribution in [0.15, 0.2) is 6.33 Å². The number of nitrogens with one attached hydrogen (secondary N) is 1. The quantitative estimate of drug-likeness (QED) is 0.574. The van der Waals surface area contributed by atoms with Crippen LogP contribution in [-0.4, -0.2) is 44.3 Å². The number of aromatic nitrogens is 2. The van der Waals surface area contributed by atoms with Crippen LogP contribution in [0.4, 0.5) is 11.6 Å². The number of hydrogen-bond donors (Lipinski definition) is 2. The molecular formula is C9H12N4O5. The van der Waals surface area contributed by atoms with Crippen molar-refractivity contribution in [1.82, 2.24) is 9.55 Å². The highest BCUT2D eigenvalue weighted by Crippen LogP contribution is 2.29. The summed E-state index contributed by atoms with van der Waals surface area (Å²) in [6.45, 7) is 0.260. The molecule has 1 fully saturated rings. The van der Waals surface area contributed by atoms with Gasteiger partial charge in [0, 0.05) is 20.1 Å². The van der Waals surface area contributed by atoms with Gasteiger partial charge >= 0.3 is 11.8 Å². The van der Waals surface area contributed by atoms with E-state index in [1.165, 1.54) is 10.9 Å². The third-order valence-corrected chi connectivity index (χ3v) is 2.88. The van der Waals surface area contributed by atoms with Crippen molar-refractivity contribution >= 4 is 17.6 Å². The van der Waals surface area contributed by atoms with Crippen LogP contribution in [0.2, 0.25) is 0 Å². The number of rotatable bonds is 4. The lowest BCUT2D eigenvalue weighted by atomic mass is 9.99. The van der Waals surface area contributed by atoms with Crippen molar-refractivity contribution in [1.29, 1.82) is 0 Å². The highest BCUT2D eigenvalue weighted by Gasteiger charge is 2.44. The first-order valence-corrected chi connectivity index (χ1v) is 5.21. The van der Waals surface area contributed by atoms with Gasteiger partial charge in [-0.3, -0.25) is 4.57 Å². The number of nitrogens with zero attached hydrogens (tertiary/aromatic N) is 3. The van der Waals surface area contributed by atoms with E-state index in [9.17, 15) is 20.0 Å². The topological polar surface area (TPSA) is 120 Å². The predicted molar refractivity (Wildman–Crippen MR) is 59.3 cm³/mol. The van der Waals surface area contributed by atoms with E-state index in [2.05, 4.69) is 10.3 Å². The van der Waals surface area contributed by atoms with Crippen molar-refractivity contribution < 1.29 is 19.6 Å². The molecule has 0 amide bonds. The fourth-order valence-electron chi connectivity index (χ4n) is 1.81. The van der Waals surface area contributed by atoms with Gasteiger partial charge in [-0.05, 0) is 9.91 Å². The summed E-state index contributed by atoms with van der Waals surface area (Å²) < 4.78 is 6.44. The molecule has 1 unspecified atom stereocenters. The van der Waals surface area contributed by atoms with Crippen molar-refractivity contribution in [3.63, 3.8) is 0 Å². The third-order valence-electron chi connectivity index (χ3n) is 2.88. The van der Waals surface area contributed by atoms with Gasteiger partial charge in [0.15, 0.2) is 5.54 Å². The normalized spacial score (nSPS) is 22.9. The average molecular weight is 256 g/mol. The highest BCUT2D eigenvalue weighted by molar-refractivity contribution is 5.83. The Balaban J connectivity index is 2.35. The van der Waals surface area contributed by atoms with Crippen LogP contribution >= 0.6 is 0 Å². The summed E-state index contributed by atoms with van der Waals surface area (Å²) in [6, 6.07) is 0. The minimum Gasteiger partial charge on any atom is -0.479 e. The molecule has 2 rings (SSSR count). The molecule has 0 saturated carbocycles. The molecule has 9 heteroatoms. The van der Waals surface area contributed by atoms with E-state index < -0.39 is 22.2 Å². The summed E-state index contributed by atoms with van der Waals surface area (Å²) in [5, 5.41) is 22.7. The second-order valence-corrected chi connectivity index (χ2v) is 4.10. The summed E-state index contributed by atoms with van der Waals surface area (Å²) in [6.07, 6.45) is 1.50. The number of nitro groups is 1. The second kappa shape index (κ2) is 4.26. The maximum atomic E-state index is 11.3. The zero-order chi connectivity index (χ0) is 13.3. The Morgan fingerprint density at radius 1 is 1.78 bits per heavy atom. The van der Waals surface area contributed by atoms with Gasteiger partial charge in [0.1, 0.15) is 0 Å². The Bertz CT molecular complexity index is 491. The predicted octanol–water partition coefficient (Wildman–Crippen LogP) is -0.0161. The smallest absolute Gasteiger partial charge is 0.406 e. The van der Waals surface area contributed by atoms with Crippen molar-refractivity contribution in [2.45, 2.75) is 12.0 Å². The van der Waals surface area contributed by atoms with Gasteiger partial charge in [-0.2, -0.15) is 0 Å². The minimum absolute atomic E-state index is 0.0370. The summed E-state index contributed by atoms with van der Waals surface area (Å²) in [4.78, 5) is 25.1. The molecule has 1 aliphatic rings. The first-order valence-electron chi connectivity index (χ1n) is 5.21. The SMILES string of the molecule is Cn1cnc([N+](=O)[O-])c1NC1(C(=O)O)CCOC1. The van der Waals surface area contributed by atoms with Crippen molar-refractivity contribution in [3.05, 3.63) is 16.4 Å². The van der Waals surface area contributed by atoms with Crippen molar-refractivity contribution in [3.8, 4) is 0 Å². The molecule has 1 atom stereocenters. The molecule has 0 aromatic carbocycles. The van der Waals surface area contributed by atoms with Gasteiger partial charge in [-0.25, -0.2) is 4.79 Å². The van der Waals surface area contributed by atoms with E-state index in [0.29, 0.717) is 6.61 Å². The first kappa shape index (κ1) is 12.3. The second-order valence-electron chi connectivity index (χ2n) is 4.10. The average Bonchev–Trinajstić information content (AvgIpc) is 2.88. The zero-order valence-corrected chi connectivity index (χ0v) is 9.62. The molecule has 1 saturated heterocycles. The van der Waals surface area contributed by atoms with Crippen molar-refractivity contribution in [2.24, 2.45) is 7.05 Å². The van der Waals surface area contributed by atoms with Gasteiger partial charge in [-0.1, -0.05) is 0 Å². The number of hydrogen-bond acceptors (Lipinski definition) is 6. The van der Waals surface area contributed by atoms with Crippen molar-refractivity contribution in [2.75, 3.05) is 18.5 Å². The van der Waals surface area contributed by atoms with Crippen LogP contribution in [0.25, 0.3) is 0 Å². The lowest BCUT2D eigenvalue weighted by Gasteiger charge is -2.24. The van der Waals surface area contributed by atoms with Gasteiger partial charge < -0.3 is 25.3 Å². The molecule has 1 aromatic heterocycles.